The number of esters is 1. The molecule has 1 fully saturated rings. The van der Waals surface area contributed by atoms with Gasteiger partial charge in [0.25, 0.3) is 11.1 Å². The van der Waals surface area contributed by atoms with Crippen LogP contribution in [0.25, 0.3) is 0 Å². The lowest BCUT2D eigenvalue weighted by Gasteiger charge is -2.17. The largest absolute Gasteiger partial charge is 0.495 e. The third-order valence-electron chi connectivity index (χ3n) is 3.26. The summed E-state index contributed by atoms with van der Waals surface area (Å²) in [5.74, 6) is -0.0694. The van der Waals surface area contributed by atoms with Crippen LogP contribution in [0.3, 0.4) is 0 Å². The number of carbonyl (C=O) groups excluding carboxylic acids is 3. The van der Waals surface area contributed by atoms with E-state index in [-0.39, 0.29) is 11.8 Å². The Hall–Kier alpha value is -1.93. The summed E-state index contributed by atoms with van der Waals surface area (Å²) in [6.45, 7) is 1.79. The first-order valence-corrected chi connectivity index (χ1v) is 8.52. The number of ether oxygens (including phenoxy) is 2. The Kier molecular flexibility index (Phi) is 6.33. The molecule has 1 aromatic carbocycles. The van der Waals surface area contributed by atoms with Gasteiger partial charge in [-0.2, -0.15) is 0 Å². The highest BCUT2D eigenvalue weighted by atomic mass is 35.5. The maximum Gasteiger partial charge on any atom is 0.326 e. The minimum atomic E-state index is -1.02. The maximum absolute atomic E-state index is 12.2. The van der Waals surface area contributed by atoms with Crippen LogP contribution in [-0.2, 0) is 14.3 Å². The molecule has 2 amide bonds. The van der Waals surface area contributed by atoms with Gasteiger partial charge in [-0.15, -0.1) is 0 Å². The molecule has 0 saturated carbocycles. The lowest BCUT2D eigenvalue weighted by atomic mass is 10.2. The summed E-state index contributed by atoms with van der Waals surface area (Å²) in [5, 5.41) is 2.87. The molecule has 0 unspecified atom stereocenters. The molecule has 1 N–H and O–H groups in total. The topological polar surface area (TPSA) is 84.9 Å². The number of halogens is 1. The number of nitrogens with one attached hydrogen (secondary N) is 1. The second-order valence-corrected chi connectivity index (χ2v) is 6.48. The summed E-state index contributed by atoms with van der Waals surface area (Å²) in [4.78, 5) is 36.8. The Labute approximate surface area is 148 Å². The lowest BCUT2D eigenvalue weighted by molar-refractivity contribution is -0.153. The van der Waals surface area contributed by atoms with Crippen LogP contribution in [0.5, 0.6) is 5.75 Å². The van der Waals surface area contributed by atoms with Gasteiger partial charge in [0.1, 0.15) is 12.3 Å². The molecule has 0 bridgehead atoms. The highest BCUT2D eigenvalue weighted by Gasteiger charge is 2.26. The zero-order chi connectivity index (χ0) is 17.7. The highest BCUT2D eigenvalue weighted by Crippen LogP contribution is 2.27. The molecule has 1 saturated heterocycles. The molecule has 1 aromatic rings. The first-order valence-electron chi connectivity index (χ1n) is 7.16. The van der Waals surface area contributed by atoms with Gasteiger partial charge in [-0.3, -0.25) is 14.4 Å². The molecule has 1 heterocycles. The summed E-state index contributed by atoms with van der Waals surface area (Å²) >= 11 is 7.05. The van der Waals surface area contributed by atoms with Crippen LogP contribution in [0, 0.1) is 0 Å². The van der Waals surface area contributed by atoms with Crippen LogP contribution < -0.4 is 10.1 Å². The monoisotopic (exact) mass is 372 g/mol. The van der Waals surface area contributed by atoms with Crippen LogP contribution in [0.2, 0.25) is 5.02 Å². The van der Waals surface area contributed by atoms with Gasteiger partial charge in [0.05, 0.1) is 12.8 Å². The highest BCUT2D eigenvalue weighted by molar-refractivity contribution is 8.13. The van der Waals surface area contributed by atoms with Gasteiger partial charge < -0.3 is 19.7 Å². The number of anilines is 1. The van der Waals surface area contributed by atoms with E-state index in [0.29, 0.717) is 28.8 Å². The van der Waals surface area contributed by atoms with Gasteiger partial charge in [0, 0.05) is 17.3 Å². The van der Waals surface area contributed by atoms with E-state index in [1.165, 1.54) is 25.0 Å². The average molecular weight is 373 g/mol. The van der Waals surface area contributed by atoms with Crippen molar-refractivity contribution in [3.05, 3.63) is 23.2 Å². The number of thioether (sulfide) groups is 1. The van der Waals surface area contributed by atoms with Gasteiger partial charge in [0.15, 0.2) is 6.10 Å². The minimum Gasteiger partial charge on any atom is -0.495 e. The third-order valence-corrected chi connectivity index (χ3v) is 4.39. The summed E-state index contributed by atoms with van der Waals surface area (Å²) in [6.07, 6.45) is -1.02. The molecule has 130 valence electrons. The maximum atomic E-state index is 12.2. The lowest BCUT2D eigenvalue weighted by Crippen LogP contribution is -2.36. The fourth-order valence-corrected chi connectivity index (χ4v) is 3.02. The first-order chi connectivity index (χ1) is 11.4. The number of benzene rings is 1. The van der Waals surface area contributed by atoms with E-state index in [1.807, 2.05) is 0 Å². The van der Waals surface area contributed by atoms with E-state index in [9.17, 15) is 14.4 Å². The third kappa shape index (κ3) is 4.78. The number of methoxy groups -OCH3 is 1. The molecule has 1 aliphatic rings. The van der Waals surface area contributed by atoms with Crippen LogP contribution in [-0.4, -0.2) is 54.1 Å². The minimum absolute atomic E-state index is 0.160. The molecular weight excluding hydrogens is 356 g/mol. The van der Waals surface area contributed by atoms with Gasteiger partial charge >= 0.3 is 5.97 Å². The second kappa shape index (κ2) is 8.25. The first kappa shape index (κ1) is 18.4. The Balaban J connectivity index is 1.91. The van der Waals surface area contributed by atoms with Crippen molar-refractivity contribution in [2.24, 2.45) is 0 Å². The molecule has 0 spiro atoms. The summed E-state index contributed by atoms with van der Waals surface area (Å²) < 4.78 is 10.2. The van der Waals surface area contributed by atoms with Crippen molar-refractivity contribution in [2.75, 3.05) is 31.3 Å². The van der Waals surface area contributed by atoms with Crippen LogP contribution in [0.15, 0.2) is 18.2 Å². The van der Waals surface area contributed by atoms with E-state index >= 15 is 0 Å². The standard InChI is InChI=1S/C15H17ClN2O5S/c1-9(23-13(19)8-18-5-6-24-15(18)21)14(20)17-11-7-10(16)3-4-12(11)22-2/h3-4,7,9H,5-6,8H2,1-2H3,(H,17,20)/t9-/m1/s1. The van der Waals surface area contributed by atoms with E-state index < -0.39 is 18.0 Å². The van der Waals surface area contributed by atoms with Gasteiger partial charge in [0.2, 0.25) is 0 Å². The predicted octanol–water partition coefficient (Wildman–Crippen LogP) is 2.39. The van der Waals surface area contributed by atoms with Gasteiger partial charge in [-0.25, -0.2) is 0 Å². The SMILES string of the molecule is COc1ccc(Cl)cc1NC(=O)[C@@H](C)OC(=O)CN1CCSC1=O. The fraction of sp³-hybridized carbons (Fsp3) is 0.400. The molecule has 0 radical (unpaired) electrons. The van der Waals surface area contributed by atoms with E-state index in [0.717, 1.165) is 11.8 Å². The van der Waals surface area contributed by atoms with Crippen molar-refractivity contribution < 1.29 is 23.9 Å². The predicted molar refractivity (Wildman–Crippen MR) is 91.6 cm³/mol. The molecule has 2 rings (SSSR count). The average Bonchev–Trinajstić information content (AvgIpc) is 2.92. The molecular formula is C15H17ClN2O5S. The van der Waals surface area contributed by atoms with E-state index in [2.05, 4.69) is 5.32 Å². The van der Waals surface area contributed by atoms with Crippen molar-refractivity contribution >= 4 is 46.2 Å². The Morgan fingerprint density at radius 1 is 1.46 bits per heavy atom. The van der Waals surface area contributed by atoms with Crippen molar-refractivity contribution in [2.45, 2.75) is 13.0 Å². The van der Waals surface area contributed by atoms with E-state index in [1.54, 1.807) is 12.1 Å². The second-order valence-electron chi connectivity index (χ2n) is 5.00. The number of nitrogens with zero attached hydrogens (tertiary/aromatic N) is 1. The van der Waals surface area contributed by atoms with Crippen LogP contribution in [0.4, 0.5) is 10.5 Å². The zero-order valence-electron chi connectivity index (χ0n) is 13.2. The Morgan fingerprint density at radius 2 is 2.21 bits per heavy atom. The number of hydrogen-bond donors (Lipinski definition) is 1. The van der Waals surface area contributed by atoms with Crippen LogP contribution >= 0.6 is 23.4 Å². The van der Waals surface area contributed by atoms with Crippen LogP contribution in [0.1, 0.15) is 6.92 Å². The molecule has 1 aliphatic heterocycles. The normalized spacial score (nSPS) is 15.1. The molecule has 1 atom stereocenters. The zero-order valence-corrected chi connectivity index (χ0v) is 14.8. The molecule has 0 aliphatic carbocycles. The molecule has 0 aromatic heterocycles. The van der Waals surface area contributed by atoms with Crippen molar-refractivity contribution in [3.63, 3.8) is 0 Å². The Bertz CT molecular complexity index is 655. The van der Waals surface area contributed by atoms with Gasteiger partial charge in [-0.05, 0) is 25.1 Å². The molecule has 9 heteroatoms. The Morgan fingerprint density at radius 3 is 2.83 bits per heavy atom. The number of hydrogen-bond acceptors (Lipinski definition) is 6. The molecule has 24 heavy (non-hydrogen) atoms. The van der Waals surface area contributed by atoms with Crippen molar-refractivity contribution in [1.82, 2.24) is 4.90 Å². The van der Waals surface area contributed by atoms with E-state index in [4.69, 9.17) is 21.1 Å². The fourth-order valence-electron chi connectivity index (χ4n) is 2.03. The molecule has 7 nitrogen and oxygen atoms in total. The summed E-state index contributed by atoms with van der Waals surface area (Å²) in [5.41, 5.74) is 0.379. The van der Waals surface area contributed by atoms with Crippen molar-refractivity contribution in [3.8, 4) is 5.75 Å². The summed E-state index contributed by atoms with van der Waals surface area (Å²) in [7, 11) is 1.47. The number of amides is 2. The number of rotatable bonds is 6. The smallest absolute Gasteiger partial charge is 0.326 e. The number of carbonyl (C=O) groups is 3. The summed E-state index contributed by atoms with van der Waals surface area (Å²) in [6, 6.07) is 4.78. The van der Waals surface area contributed by atoms with Crippen molar-refractivity contribution in [1.29, 1.82) is 0 Å². The quantitative estimate of drug-likeness (QED) is 0.772. The van der Waals surface area contributed by atoms with Gasteiger partial charge in [-0.1, -0.05) is 23.4 Å².